The van der Waals surface area contributed by atoms with Gasteiger partial charge in [0.15, 0.2) is 4.90 Å². The summed E-state index contributed by atoms with van der Waals surface area (Å²) in [6.45, 7) is 3.14. The Bertz CT molecular complexity index is 728. The van der Waals surface area contributed by atoms with Gasteiger partial charge >= 0.3 is 5.97 Å². The number of hydrogen-bond acceptors (Lipinski definition) is 5. The van der Waals surface area contributed by atoms with Crippen molar-refractivity contribution in [3.63, 3.8) is 0 Å². The van der Waals surface area contributed by atoms with Gasteiger partial charge in [-0.05, 0) is 11.5 Å². The summed E-state index contributed by atoms with van der Waals surface area (Å²) in [4.78, 5) is 21.1. The van der Waals surface area contributed by atoms with E-state index in [2.05, 4.69) is 0 Å². The molecule has 1 aliphatic heterocycles. The van der Waals surface area contributed by atoms with Gasteiger partial charge in [-0.15, -0.1) is 0 Å². The van der Waals surface area contributed by atoms with Gasteiger partial charge in [-0.3, -0.25) is 14.9 Å². The number of carbonyl (C=O) groups is 1. The number of nitrogens with zero attached hydrogens (tertiary/aromatic N) is 2. The number of hydrogen-bond donors (Lipinski definition) is 1. The molecule has 8 nitrogen and oxygen atoms in total. The molecule has 1 heterocycles. The monoisotopic (exact) mass is 328 g/mol. The van der Waals surface area contributed by atoms with Crippen molar-refractivity contribution in [3.05, 3.63) is 34.4 Å². The van der Waals surface area contributed by atoms with E-state index in [-0.39, 0.29) is 13.1 Å². The van der Waals surface area contributed by atoms with Gasteiger partial charge in [0.05, 0.1) is 10.8 Å². The molecule has 0 bridgehead atoms. The average Bonchev–Trinajstić information content (AvgIpc) is 2.75. The first kappa shape index (κ1) is 16.4. The number of para-hydroxylation sites is 1. The predicted molar refractivity (Wildman–Crippen MR) is 76.8 cm³/mol. The second-order valence-electron chi connectivity index (χ2n) is 5.90. The fourth-order valence-electron chi connectivity index (χ4n) is 2.64. The van der Waals surface area contributed by atoms with Crippen molar-refractivity contribution in [3.8, 4) is 0 Å². The van der Waals surface area contributed by atoms with Crippen molar-refractivity contribution in [2.75, 3.05) is 13.1 Å². The Morgan fingerprint density at radius 2 is 2.00 bits per heavy atom. The lowest BCUT2D eigenvalue weighted by Gasteiger charge is -2.22. The molecule has 1 atom stereocenters. The fourth-order valence-corrected chi connectivity index (χ4v) is 4.42. The zero-order chi connectivity index (χ0) is 16.7. The van der Waals surface area contributed by atoms with Gasteiger partial charge in [0.25, 0.3) is 5.69 Å². The first-order valence-electron chi connectivity index (χ1n) is 6.54. The third-order valence-corrected chi connectivity index (χ3v) is 5.75. The highest BCUT2D eigenvalue weighted by atomic mass is 32.2. The van der Waals surface area contributed by atoms with Crippen molar-refractivity contribution >= 4 is 21.7 Å². The lowest BCUT2D eigenvalue weighted by molar-refractivity contribution is -0.387. The molecule has 0 aliphatic carbocycles. The molecule has 0 spiro atoms. The van der Waals surface area contributed by atoms with E-state index in [0.29, 0.717) is 0 Å². The SMILES string of the molecule is CC1(C)CN(S(=O)(=O)c2ccccc2[N+](=O)[O-])C[C@H]1C(=O)O. The maximum Gasteiger partial charge on any atom is 0.308 e. The van der Waals surface area contributed by atoms with Crippen LogP contribution in [0.25, 0.3) is 0 Å². The molecule has 2 rings (SSSR count). The smallest absolute Gasteiger partial charge is 0.308 e. The van der Waals surface area contributed by atoms with E-state index in [9.17, 15) is 28.4 Å². The molecule has 0 unspecified atom stereocenters. The minimum absolute atomic E-state index is 0.00164. The molecule has 22 heavy (non-hydrogen) atoms. The highest BCUT2D eigenvalue weighted by Crippen LogP contribution is 2.39. The molecule has 0 aromatic heterocycles. The number of carboxylic acids is 1. The lowest BCUT2D eigenvalue weighted by atomic mass is 9.82. The standard InChI is InChI=1S/C13H16N2O6S/c1-13(2)8-14(7-9(13)12(16)17)22(20,21)11-6-4-3-5-10(11)15(18)19/h3-6,9H,7-8H2,1-2H3,(H,16,17)/t9-/m0/s1. The molecule has 1 saturated heterocycles. The molecule has 1 aromatic carbocycles. The Kier molecular flexibility index (Phi) is 3.96. The van der Waals surface area contributed by atoms with Crippen LogP contribution in [0, 0.1) is 21.4 Å². The Morgan fingerprint density at radius 3 is 2.50 bits per heavy atom. The van der Waals surface area contributed by atoms with E-state index < -0.39 is 42.8 Å². The molecule has 9 heteroatoms. The van der Waals surface area contributed by atoms with Crippen molar-refractivity contribution in [1.82, 2.24) is 4.31 Å². The van der Waals surface area contributed by atoms with E-state index in [1.54, 1.807) is 13.8 Å². The van der Waals surface area contributed by atoms with Crippen molar-refractivity contribution < 1.29 is 23.2 Å². The Labute approximate surface area is 127 Å². The Morgan fingerprint density at radius 1 is 1.41 bits per heavy atom. The van der Waals surface area contributed by atoms with Crippen LogP contribution in [-0.2, 0) is 14.8 Å². The molecule has 0 saturated carbocycles. The molecule has 0 radical (unpaired) electrons. The summed E-state index contributed by atoms with van der Waals surface area (Å²) >= 11 is 0. The fraction of sp³-hybridized carbons (Fsp3) is 0.462. The van der Waals surface area contributed by atoms with Crippen LogP contribution in [0.1, 0.15) is 13.8 Å². The number of nitro benzene ring substituents is 1. The van der Waals surface area contributed by atoms with Crippen LogP contribution in [0.5, 0.6) is 0 Å². The van der Waals surface area contributed by atoms with Gasteiger partial charge in [-0.2, -0.15) is 4.31 Å². The van der Waals surface area contributed by atoms with E-state index in [1.165, 1.54) is 12.1 Å². The Hall–Kier alpha value is -2.00. The van der Waals surface area contributed by atoms with Crippen LogP contribution in [0.3, 0.4) is 0 Å². The molecule has 1 N–H and O–H groups in total. The van der Waals surface area contributed by atoms with Crippen LogP contribution < -0.4 is 0 Å². The van der Waals surface area contributed by atoms with Gasteiger partial charge in [0, 0.05) is 19.2 Å². The number of rotatable bonds is 4. The summed E-state index contributed by atoms with van der Waals surface area (Å²) in [5.41, 5.74) is -1.26. The van der Waals surface area contributed by atoms with E-state index in [1.807, 2.05) is 0 Å². The normalized spacial score (nSPS) is 21.6. The largest absolute Gasteiger partial charge is 0.481 e. The minimum Gasteiger partial charge on any atom is -0.481 e. The molecular weight excluding hydrogens is 312 g/mol. The first-order chi connectivity index (χ1) is 10.1. The number of benzene rings is 1. The maximum atomic E-state index is 12.6. The van der Waals surface area contributed by atoms with Crippen molar-refractivity contribution in [1.29, 1.82) is 0 Å². The van der Waals surface area contributed by atoms with E-state index in [0.717, 1.165) is 16.4 Å². The summed E-state index contributed by atoms with van der Waals surface area (Å²) in [7, 11) is -4.12. The summed E-state index contributed by atoms with van der Waals surface area (Å²) in [6.07, 6.45) is 0. The number of carboxylic acid groups (broad SMARTS) is 1. The van der Waals surface area contributed by atoms with Gasteiger partial charge in [-0.25, -0.2) is 8.42 Å². The Balaban J connectivity index is 2.46. The van der Waals surface area contributed by atoms with Crippen molar-refractivity contribution in [2.45, 2.75) is 18.7 Å². The molecule has 1 aliphatic rings. The molecular formula is C13H16N2O6S. The second-order valence-corrected chi connectivity index (χ2v) is 7.81. The van der Waals surface area contributed by atoms with Crippen molar-refractivity contribution in [2.24, 2.45) is 11.3 Å². The van der Waals surface area contributed by atoms with Gasteiger partial charge in [-0.1, -0.05) is 26.0 Å². The number of nitro groups is 1. The van der Waals surface area contributed by atoms with Crippen LogP contribution >= 0.6 is 0 Å². The highest BCUT2D eigenvalue weighted by molar-refractivity contribution is 7.89. The van der Waals surface area contributed by atoms with Gasteiger partial charge < -0.3 is 5.11 Å². The van der Waals surface area contributed by atoms with Crippen LogP contribution in [-0.4, -0.2) is 41.8 Å². The summed E-state index contributed by atoms with van der Waals surface area (Å²) in [5, 5.41) is 20.2. The number of sulfonamides is 1. The van der Waals surface area contributed by atoms with E-state index in [4.69, 9.17) is 0 Å². The quantitative estimate of drug-likeness (QED) is 0.658. The summed E-state index contributed by atoms with van der Waals surface area (Å²) < 4.78 is 26.3. The van der Waals surface area contributed by atoms with Crippen LogP contribution in [0.15, 0.2) is 29.2 Å². The summed E-state index contributed by atoms with van der Waals surface area (Å²) in [6, 6.07) is 5.05. The topological polar surface area (TPSA) is 118 Å². The average molecular weight is 328 g/mol. The van der Waals surface area contributed by atoms with Crippen LogP contribution in [0.2, 0.25) is 0 Å². The lowest BCUT2D eigenvalue weighted by Crippen LogP contribution is -2.30. The van der Waals surface area contributed by atoms with Gasteiger partial charge in [0.1, 0.15) is 0 Å². The first-order valence-corrected chi connectivity index (χ1v) is 7.98. The van der Waals surface area contributed by atoms with E-state index >= 15 is 0 Å². The second kappa shape index (κ2) is 5.33. The van der Waals surface area contributed by atoms with Crippen LogP contribution in [0.4, 0.5) is 5.69 Å². The molecule has 0 amide bonds. The minimum atomic E-state index is -4.12. The van der Waals surface area contributed by atoms with Gasteiger partial charge in [0.2, 0.25) is 10.0 Å². The molecule has 120 valence electrons. The number of aliphatic carboxylic acids is 1. The molecule has 1 aromatic rings. The highest BCUT2D eigenvalue weighted by Gasteiger charge is 2.48. The summed E-state index contributed by atoms with van der Waals surface area (Å²) in [5.74, 6) is -1.93. The molecule has 1 fully saturated rings. The third kappa shape index (κ3) is 2.69. The third-order valence-electron chi connectivity index (χ3n) is 3.89. The zero-order valence-electron chi connectivity index (χ0n) is 12.1. The zero-order valence-corrected chi connectivity index (χ0v) is 12.9. The predicted octanol–water partition coefficient (Wildman–Crippen LogP) is 1.33. The maximum absolute atomic E-state index is 12.6.